The normalized spacial score (nSPS) is 23.6. The molecule has 3 rings (SSSR count). The molecule has 3 heteroatoms. The summed E-state index contributed by atoms with van der Waals surface area (Å²) in [5.74, 6) is 0.799. The predicted molar refractivity (Wildman–Crippen MR) is 135 cm³/mol. The van der Waals surface area contributed by atoms with Gasteiger partial charge in [-0.05, 0) is 74.0 Å². The monoisotopic (exact) mass is 458 g/mol. The Balaban J connectivity index is 1.39. The lowest BCUT2D eigenvalue weighted by molar-refractivity contribution is 0.250. The average Bonchev–Trinajstić information content (AvgIpc) is 2.84. The molecule has 1 fully saturated rings. The minimum Gasteiger partial charge on any atom is -0.490 e. The Morgan fingerprint density at radius 3 is 2.33 bits per heavy atom. The standard InChI is InChI=1S/C30H44F2O/c1-3-5-6-9-23-12-14-24(15-13-23)10-7-8-11-25-16-18-26(19-17-25)27-20-21-28(33-22-4-2)30(32)29(27)31/h8,11,18,20-21,23-25H,3-7,9-10,12-17,19,22H2,1-2H3/b11-8+. The van der Waals surface area contributed by atoms with Gasteiger partial charge >= 0.3 is 0 Å². The Kier molecular flexibility index (Phi) is 11.0. The minimum atomic E-state index is -0.862. The van der Waals surface area contributed by atoms with Gasteiger partial charge in [0, 0.05) is 5.56 Å². The number of unbranched alkanes of at least 4 members (excludes halogenated alkanes) is 2. The molecular formula is C30H44F2O. The molecule has 1 unspecified atom stereocenters. The molecule has 2 aliphatic carbocycles. The van der Waals surface area contributed by atoms with Crippen molar-refractivity contribution < 1.29 is 13.5 Å². The average molecular weight is 459 g/mol. The van der Waals surface area contributed by atoms with Crippen molar-refractivity contribution in [3.05, 3.63) is 47.6 Å². The molecule has 184 valence electrons. The van der Waals surface area contributed by atoms with Crippen LogP contribution in [0.4, 0.5) is 8.78 Å². The Bertz CT molecular complexity index is 774. The molecule has 0 bridgehead atoms. The van der Waals surface area contributed by atoms with Crippen LogP contribution in [0, 0.1) is 29.4 Å². The Hall–Kier alpha value is -1.64. The summed E-state index contributed by atoms with van der Waals surface area (Å²) in [5, 5.41) is 0. The van der Waals surface area contributed by atoms with Crippen molar-refractivity contribution in [2.45, 2.75) is 104 Å². The molecule has 0 aromatic heterocycles. The summed E-state index contributed by atoms with van der Waals surface area (Å²) in [6.07, 6.45) is 24.1. The second-order valence-corrected chi connectivity index (χ2v) is 10.2. The second kappa shape index (κ2) is 13.9. The van der Waals surface area contributed by atoms with E-state index in [1.165, 1.54) is 64.2 Å². The molecule has 2 aliphatic rings. The van der Waals surface area contributed by atoms with Gasteiger partial charge in [0.2, 0.25) is 5.82 Å². The molecular weight excluding hydrogens is 414 g/mol. The fourth-order valence-electron chi connectivity index (χ4n) is 5.49. The number of hydrogen-bond acceptors (Lipinski definition) is 1. The second-order valence-electron chi connectivity index (χ2n) is 10.2. The predicted octanol–water partition coefficient (Wildman–Crippen LogP) is 9.66. The molecule has 0 spiro atoms. The van der Waals surface area contributed by atoms with E-state index in [1.54, 1.807) is 12.1 Å². The van der Waals surface area contributed by atoms with Crippen LogP contribution in [0.1, 0.15) is 109 Å². The van der Waals surface area contributed by atoms with E-state index in [0.29, 0.717) is 18.1 Å². The third kappa shape index (κ3) is 7.97. The van der Waals surface area contributed by atoms with Crippen LogP contribution in [0.3, 0.4) is 0 Å². The van der Waals surface area contributed by atoms with Gasteiger partial charge in [0.15, 0.2) is 11.6 Å². The lowest BCUT2D eigenvalue weighted by Crippen LogP contribution is -2.14. The van der Waals surface area contributed by atoms with Gasteiger partial charge in [0.1, 0.15) is 0 Å². The fraction of sp³-hybridized carbons (Fsp3) is 0.667. The molecule has 1 saturated carbocycles. The number of benzene rings is 1. The van der Waals surface area contributed by atoms with Crippen molar-refractivity contribution >= 4 is 5.57 Å². The zero-order valence-electron chi connectivity index (χ0n) is 20.9. The maximum absolute atomic E-state index is 14.6. The highest BCUT2D eigenvalue weighted by atomic mass is 19.2. The van der Waals surface area contributed by atoms with E-state index < -0.39 is 11.6 Å². The van der Waals surface area contributed by atoms with Gasteiger partial charge in [0.05, 0.1) is 6.61 Å². The summed E-state index contributed by atoms with van der Waals surface area (Å²) in [6, 6.07) is 3.23. The smallest absolute Gasteiger partial charge is 0.201 e. The van der Waals surface area contributed by atoms with Crippen LogP contribution in [0.25, 0.3) is 5.57 Å². The molecule has 1 aromatic carbocycles. The maximum Gasteiger partial charge on any atom is 0.201 e. The molecule has 0 aliphatic heterocycles. The quantitative estimate of drug-likeness (QED) is 0.224. The molecule has 0 amide bonds. The minimum absolute atomic E-state index is 0.0142. The molecule has 0 saturated heterocycles. The van der Waals surface area contributed by atoms with Crippen molar-refractivity contribution in [3.8, 4) is 5.75 Å². The fourth-order valence-corrected chi connectivity index (χ4v) is 5.49. The van der Waals surface area contributed by atoms with Crippen molar-refractivity contribution in [2.24, 2.45) is 17.8 Å². The zero-order chi connectivity index (χ0) is 23.5. The van der Waals surface area contributed by atoms with E-state index in [9.17, 15) is 8.78 Å². The van der Waals surface area contributed by atoms with Gasteiger partial charge in [-0.15, -0.1) is 0 Å². The molecule has 1 atom stereocenters. The Labute approximate surface area is 200 Å². The summed E-state index contributed by atoms with van der Waals surface area (Å²) >= 11 is 0. The van der Waals surface area contributed by atoms with Crippen molar-refractivity contribution in [3.63, 3.8) is 0 Å². The third-order valence-corrected chi connectivity index (χ3v) is 7.64. The van der Waals surface area contributed by atoms with Crippen LogP contribution >= 0.6 is 0 Å². The number of hydrogen-bond donors (Lipinski definition) is 0. The molecule has 0 heterocycles. The third-order valence-electron chi connectivity index (χ3n) is 7.64. The van der Waals surface area contributed by atoms with E-state index in [0.717, 1.165) is 43.1 Å². The van der Waals surface area contributed by atoms with Crippen molar-refractivity contribution in [2.75, 3.05) is 6.61 Å². The van der Waals surface area contributed by atoms with E-state index >= 15 is 0 Å². The van der Waals surface area contributed by atoms with E-state index in [4.69, 9.17) is 4.74 Å². The zero-order valence-corrected chi connectivity index (χ0v) is 20.9. The first-order chi connectivity index (χ1) is 16.1. The first kappa shape index (κ1) is 26.0. The number of allylic oxidation sites excluding steroid dienone is 4. The Morgan fingerprint density at radius 2 is 1.67 bits per heavy atom. The van der Waals surface area contributed by atoms with Crippen LogP contribution in [-0.2, 0) is 0 Å². The van der Waals surface area contributed by atoms with Crippen LogP contribution in [0.5, 0.6) is 5.75 Å². The summed E-state index contributed by atoms with van der Waals surface area (Å²) in [6.45, 7) is 4.63. The van der Waals surface area contributed by atoms with Crippen molar-refractivity contribution in [1.29, 1.82) is 0 Å². The maximum atomic E-state index is 14.6. The molecule has 1 aromatic rings. The highest BCUT2D eigenvalue weighted by molar-refractivity contribution is 5.67. The molecule has 0 radical (unpaired) electrons. The highest BCUT2D eigenvalue weighted by Gasteiger charge is 2.21. The lowest BCUT2D eigenvalue weighted by atomic mass is 9.78. The largest absolute Gasteiger partial charge is 0.490 e. The topological polar surface area (TPSA) is 9.23 Å². The van der Waals surface area contributed by atoms with Gasteiger partial charge in [-0.3, -0.25) is 0 Å². The Morgan fingerprint density at radius 1 is 0.909 bits per heavy atom. The summed E-state index contributed by atoms with van der Waals surface area (Å²) < 4.78 is 34.2. The van der Waals surface area contributed by atoms with Gasteiger partial charge in [-0.25, -0.2) is 4.39 Å². The van der Waals surface area contributed by atoms with Crippen LogP contribution < -0.4 is 4.74 Å². The highest BCUT2D eigenvalue weighted by Crippen LogP contribution is 2.36. The van der Waals surface area contributed by atoms with Gasteiger partial charge in [-0.2, -0.15) is 4.39 Å². The summed E-state index contributed by atoms with van der Waals surface area (Å²) in [4.78, 5) is 0. The summed E-state index contributed by atoms with van der Waals surface area (Å²) in [7, 11) is 0. The van der Waals surface area contributed by atoms with Gasteiger partial charge in [0.25, 0.3) is 0 Å². The van der Waals surface area contributed by atoms with Crippen molar-refractivity contribution in [1.82, 2.24) is 0 Å². The van der Waals surface area contributed by atoms with Gasteiger partial charge < -0.3 is 4.74 Å². The first-order valence-corrected chi connectivity index (χ1v) is 13.6. The number of halogens is 2. The first-order valence-electron chi connectivity index (χ1n) is 13.6. The van der Waals surface area contributed by atoms with Crippen LogP contribution in [-0.4, -0.2) is 6.61 Å². The van der Waals surface area contributed by atoms with E-state index in [1.807, 2.05) is 6.92 Å². The SMILES string of the molecule is CCCCCC1CCC(CC/C=C/C2CC=C(c3ccc(OCCC)c(F)c3F)CC2)CC1. The lowest BCUT2D eigenvalue weighted by Gasteiger charge is -2.28. The number of rotatable bonds is 12. The summed E-state index contributed by atoms with van der Waals surface area (Å²) in [5.41, 5.74) is 1.32. The van der Waals surface area contributed by atoms with Crippen LogP contribution in [0.2, 0.25) is 0 Å². The van der Waals surface area contributed by atoms with Crippen LogP contribution in [0.15, 0.2) is 30.4 Å². The molecule has 0 N–H and O–H groups in total. The van der Waals surface area contributed by atoms with Gasteiger partial charge in [-0.1, -0.05) is 83.4 Å². The van der Waals surface area contributed by atoms with E-state index in [2.05, 4.69) is 25.2 Å². The number of ether oxygens (including phenoxy) is 1. The molecule has 1 nitrogen and oxygen atoms in total. The van der Waals surface area contributed by atoms with E-state index in [-0.39, 0.29) is 5.75 Å². The molecule has 33 heavy (non-hydrogen) atoms.